The highest BCUT2D eigenvalue weighted by atomic mass is 16.7. The lowest BCUT2D eigenvalue weighted by Crippen LogP contribution is -2.60. The summed E-state index contributed by atoms with van der Waals surface area (Å²) in [4.78, 5) is 13.2. The summed E-state index contributed by atoms with van der Waals surface area (Å²) in [5, 5.41) is 76.1. The van der Waals surface area contributed by atoms with Gasteiger partial charge in [-0.05, 0) is 96.3 Å². The van der Waals surface area contributed by atoms with E-state index in [1.165, 1.54) is 154 Å². The van der Waals surface area contributed by atoms with Gasteiger partial charge in [-0.1, -0.05) is 222 Å². The van der Waals surface area contributed by atoms with Crippen LogP contribution in [0.2, 0.25) is 0 Å². The second kappa shape index (κ2) is 50.6. The molecule has 11 nitrogen and oxygen atoms in total. The Morgan fingerprint density at radius 3 is 1.33 bits per heavy atom. The Morgan fingerprint density at radius 1 is 0.479 bits per heavy atom. The second-order valence-electron chi connectivity index (χ2n) is 21.0. The van der Waals surface area contributed by atoms with E-state index < -0.39 is 74.2 Å². The number of carbonyl (C=O) groups is 1. The summed E-state index contributed by atoms with van der Waals surface area (Å²) < 4.78 is 11.1. The molecule has 426 valence electrons. The SMILES string of the molecule is CCCCC/C=C/CC/C=C/CC/C=C/CCCC(O)C(O)C(COC1OC(CO)C(O)C(O)C1O)NC(=O)C(O)CCCCCCCCCCCCCCCC/C=C\C/C=C\CCCCCCCCCCC. The molecule has 1 amide bonds. The quantitative estimate of drug-likeness (QED) is 0.0215. The van der Waals surface area contributed by atoms with Gasteiger partial charge in [-0.25, -0.2) is 0 Å². The molecule has 0 bridgehead atoms. The minimum absolute atomic E-state index is 0.239. The van der Waals surface area contributed by atoms with Crippen LogP contribution in [0.3, 0.4) is 0 Å². The van der Waals surface area contributed by atoms with Gasteiger partial charge < -0.3 is 50.5 Å². The van der Waals surface area contributed by atoms with E-state index in [2.05, 4.69) is 79.9 Å². The van der Waals surface area contributed by atoms with Gasteiger partial charge in [-0.2, -0.15) is 0 Å². The molecule has 0 aromatic carbocycles. The van der Waals surface area contributed by atoms with Gasteiger partial charge in [-0.3, -0.25) is 4.79 Å². The molecule has 0 aromatic rings. The van der Waals surface area contributed by atoms with Crippen molar-refractivity contribution in [3.05, 3.63) is 60.8 Å². The number of carbonyl (C=O) groups excluding carboxylic acids is 1. The monoisotopic (exact) mass is 1030 g/mol. The van der Waals surface area contributed by atoms with Gasteiger partial charge in [-0.15, -0.1) is 0 Å². The zero-order chi connectivity index (χ0) is 53.3. The third kappa shape index (κ3) is 38.9. The third-order valence-electron chi connectivity index (χ3n) is 14.2. The fourth-order valence-electron chi connectivity index (χ4n) is 9.33. The summed E-state index contributed by atoms with van der Waals surface area (Å²) in [5.41, 5.74) is 0. The van der Waals surface area contributed by atoms with Gasteiger partial charge in [0.25, 0.3) is 0 Å². The van der Waals surface area contributed by atoms with Crippen molar-refractivity contribution in [2.45, 2.75) is 313 Å². The summed E-state index contributed by atoms with van der Waals surface area (Å²) in [6, 6.07) is -1.20. The highest BCUT2D eigenvalue weighted by Gasteiger charge is 2.44. The van der Waals surface area contributed by atoms with Crippen molar-refractivity contribution in [3.8, 4) is 0 Å². The van der Waals surface area contributed by atoms with E-state index >= 15 is 0 Å². The number of allylic oxidation sites excluding steroid dienone is 10. The van der Waals surface area contributed by atoms with E-state index in [0.717, 1.165) is 57.8 Å². The molecule has 9 atom stereocenters. The van der Waals surface area contributed by atoms with E-state index in [0.29, 0.717) is 19.3 Å². The Morgan fingerprint density at radius 2 is 0.863 bits per heavy atom. The number of ether oxygens (including phenoxy) is 2. The maximum Gasteiger partial charge on any atom is 0.249 e. The molecule has 8 N–H and O–H groups in total. The Hall–Kier alpha value is -2.19. The van der Waals surface area contributed by atoms with Gasteiger partial charge in [0.15, 0.2) is 6.29 Å². The Bertz CT molecular complexity index is 1370. The Balaban J connectivity index is 2.26. The molecule has 1 fully saturated rings. The summed E-state index contributed by atoms with van der Waals surface area (Å²) in [6.45, 7) is 3.41. The third-order valence-corrected chi connectivity index (χ3v) is 14.2. The van der Waals surface area contributed by atoms with Crippen molar-refractivity contribution >= 4 is 5.91 Å². The fourth-order valence-corrected chi connectivity index (χ4v) is 9.33. The molecule has 73 heavy (non-hydrogen) atoms. The number of aliphatic hydroxyl groups excluding tert-OH is 7. The average Bonchev–Trinajstić information content (AvgIpc) is 3.39. The molecule has 1 aliphatic rings. The largest absolute Gasteiger partial charge is 0.394 e. The Labute approximate surface area is 446 Å². The standard InChI is InChI=1S/C62H113NO10/c1-3-5-7-9-11-13-15-17-19-21-22-23-24-25-26-27-28-29-30-31-32-33-34-36-38-40-42-44-46-48-50-55(66)61(71)63-53(52-72-62-60(70)59(69)58(68)56(51-64)73-62)57(67)54(65)49-47-45-43-41-39-37-35-20-18-16-14-12-10-8-6-4-2/h12,14,20,22-23,25-26,35,41,43,53-60,62,64-70H,3-11,13,15-19,21,24,27-34,36-40,42,44-52H2,1-2H3,(H,63,71)/b14-12+,23-22-,26-25-,35-20+,43-41+. The number of hydrogen-bond donors (Lipinski definition) is 8. The van der Waals surface area contributed by atoms with Gasteiger partial charge >= 0.3 is 0 Å². The zero-order valence-corrected chi connectivity index (χ0v) is 46.6. The van der Waals surface area contributed by atoms with E-state index in [9.17, 15) is 40.5 Å². The first-order valence-corrected chi connectivity index (χ1v) is 30.2. The molecular weight excluding hydrogens is 919 g/mol. The maximum atomic E-state index is 13.2. The van der Waals surface area contributed by atoms with Crippen LogP contribution in [0.15, 0.2) is 60.8 Å². The van der Waals surface area contributed by atoms with Gasteiger partial charge in [0.2, 0.25) is 5.91 Å². The lowest BCUT2D eigenvalue weighted by molar-refractivity contribution is -0.303. The van der Waals surface area contributed by atoms with Gasteiger partial charge in [0.05, 0.1) is 25.4 Å². The normalized spacial score (nSPS) is 20.4. The van der Waals surface area contributed by atoms with E-state index in [1.54, 1.807) is 0 Å². The van der Waals surface area contributed by atoms with Crippen molar-refractivity contribution in [3.63, 3.8) is 0 Å². The number of nitrogens with one attached hydrogen (secondary N) is 1. The molecule has 1 rings (SSSR count). The van der Waals surface area contributed by atoms with Crippen molar-refractivity contribution in [1.82, 2.24) is 5.32 Å². The number of amides is 1. The molecule has 1 heterocycles. The van der Waals surface area contributed by atoms with Crippen LogP contribution in [0.4, 0.5) is 0 Å². The Kier molecular flexibility index (Phi) is 47.7. The van der Waals surface area contributed by atoms with Crippen LogP contribution >= 0.6 is 0 Å². The fraction of sp³-hybridized carbons (Fsp3) is 0.823. The second-order valence-corrected chi connectivity index (χ2v) is 21.0. The van der Waals surface area contributed by atoms with Crippen LogP contribution in [0.25, 0.3) is 0 Å². The smallest absolute Gasteiger partial charge is 0.249 e. The molecule has 0 aromatic heterocycles. The zero-order valence-electron chi connectivity index (χ0n) is 46.6. The minimum atomic E-state index is -1.67. The predicted molar refractivity (Wildman–Crippen MR) is 302 cm³/mol. The van der Waals surface area contributed by atoms with Crippen LogP contribution in [0.1, 0.15) is 258 Å². The average molecular weight is 1030 g/mol. The summed E-state index contributed by atoms with van der Waals surface area (Å²) in [6.07, 6.45) is 54.3. The van der Waals surface area contributed by atoms with E-state index in [-0.39, 0.29) is 12.8 Å². The van der Waals surface area contributed by atoms with Crippen LogP contribution in [-0.2, 0) is 14.3 Å². The van der Waals surface area contributed by atoms with Gasteiger partial charge in [0, 0.05) is 0 Å². The molecule has 0 radical (unpaired) electrons. The molecule has 9 unspecified atom stereocenters. The summed E-state index contributed by atoms with van der Waals surface area (Å²) in [7, 11) is 0. The molecule has 1 saturated heterocycles. The van der Waals surface area contributed by atoms with Gasteiger partial charge in [0.1, 0.15) is 36.6 Å². The predicted octanol–water partition coefficient (Wildman–Crippen LogP) is 13.0. The molecule has 11 heteroatoms. The first-order chi connectivity index (χ1) is 35.7. The highest BCUT2D eigenvalue weighted by molar-refractivity contribution is 5.80. The molecule has 0 aliphatic carbocycles. The van der Waals surface area contributed by atoms with Crippen LogP contribution in [0.5, 0.6) is 0 Å². The minimum Gasteiger partial charge on any atom is -0.394 e. The van der Waals surface area contributed by atoms with E-state index in [1.807, 2.05) is 0 Å². The summed E-state index contributed by atoms with van der Waals surface area (Å²) >= 11 is 0. The lowest BCUT2D eigenvalue weighted by Gasteiger charge is -2.40. The molecular formula is C62H113NO10. The number of rotatable bonds is 51. The van der Waals surface area contributed by atoms with Crippen molar-refractivity contribution in [1.29, 1.82) is 0 Å². The first-order valence-electron chi connectivity index (χ1n) is 30.2. The van der Waals surface area contributed by atoms with Crippen molar-refractivity contribution in [2.24, 2.45) is 0 Å². The van der Waals surface area contributed by atoms with Crippen LogP contribution in [-0.4, -0.2) is 110 Å². The number of unbranched alkanes of at least 4 members (excludes halogenated alkanes) is 29. The first kappa shape index (κ1) is 68.8. The highest BCUT2D eigenvalue weighted by Crippen LogP contribution is 2.23. The molecule has 1 aliphatic heterocycles. The molecule has 0 saturated carbocycles. The van der Waals surface area contributed by atoms with Crippen LogP contribution in [0, 0.1) is 0 Å². The molecule has 0 spiro atoms. The van der Waals surface area contributed by atoms with Crippen molar-refractivity contribution in [2.75, 3.05) is 13.2 Å². The number of aliphatic hydroxyl groups is 7. The summed E-state index contributed by atoms with van der Waals surface area (Å²) in [5.74, 6) is -0.713. The van der Waals surface area contributed by atoms with Crippen LogP contribution < -0.4 is 5.32 Å². The number of hydrogen-bond acceptors (Lipinski definition) is 10. The van der Waals surface area contributed by atoms with E-state index in [4.69, 9.17) is 9.47 Å². The topological polar surface area (TPSA) is 189 Å². The maximum absolute atomic E-state index is 13.2. The van der Waals surface area contributed by atoms with Crippen molar-refractivity contribution < 1.29 is 50.0 Å². The lowest BCUT2D eigenvalue weighted by atomic mass is 9.98.